The third-order valence-corrected chi connectivity index (χ3v) is 6.11. The molecule has 1 atom stereocenters. The minimum atomic E-state index is -0.0335. The van der Waals surface area contributed by atoms with Gasteiger partial charge in [-0.1, -0.05) is 61.5 Å². The molecule has 4 aromatic rings. The predicted octanol–water partition coefficient (Wildman–Crippen LogP) is 5.30. The van der Waals surface area contributed by atoms with Gasteiger partial charge in [0, 0.05) is 36.0 Å². The number of nitrogens with one attached hydrogen (secondary N) is 2. The van der Waals surface area contributed by atoms with Crippen molar-refractivity contribution in [1.82, 2.24) is 10.3 Å². The number of carbonyl (C=O) groups is 1. The fraction of sp³-hybridized carbons (Fsp3) is 0.222. The second kappa shape index (κ2) is 8.79. The lowest BCUT2D eigenvalue weighted by atomic mass is 9.87. The van der Waals surface area contributed by atoms with Gasteiger partial charge in [0.1, 0.15) is 0 Å². The van der Waals surface area contributed by atoms with Crippen LogP contribution in [0.4, 0.5) is 0 Å². The molecule has 1 unspecified atom stereocenters. The second-order valence-electron chi connectivity index (χ2n) is 8.07. The Kier molecular flexibility index (Phi) is 5.55. The SMILES string of the molecule is CCc1cccc2c(C(CC(=O)NCc3ccc4c(c3)OCO4)c3ccccc3)c[nH]c12. The fourth-order valence-electron chi connectivity index (χ4n) is 4.42. The Morgan fingerprint density at radius 1 is 1.03 bits per heavy atom. The number of rotatable bonds is 7. The van der Waals surface area contributed by atoms with Gasteiger partial charge >= 0.3 is 0 Å². The Morgan fingerprint density at radius 2 is 1.88 bits per heavy atom. The number of H-pyrrole nitrogens is 1. The molecule has 1 amide bonds. The normalized spacial score (nSPS) is 13.3. The standard InChI is InChI=1S/C27H26N2O3/c1-2-19-9-6-10-21-23(16-29-27(19)21)22(20-7-4-3-5-8-20)14-26(30)28-15-18-11-12-24-25(13-18)32-17-31-24/h3-13,16,22,29H,2,14-15,17H2,1H3,(H,28,30). The molecular formula is C27H26N2O3. The van der Waals surface area contributed by atoms with Crippen molar-refractivity contribution in [1.29, 1.82) is 0 Å². The highest BCUT2D eigenvalue weighted by atomic mass is 16.7. The molecule has 1 aromatic heterocycles. The molecule has 2 heterocycles. The van der Waals surface area contributed by atoms with Gasteiger partial charge in [0.2, 0.25) is 12.7 Å². The zero-order valence-corrected chi connectivity index (χ0v) is 18.1. The maximum atomic E-state index is 13.0. The molecule has 2 N–H and O–H groups in total. The van der Waals surface area contributed by atoms with E-state index < -0.39 is 0 Å². The van der Waals surface area contributed by atoms with Crippen molar-refractivity contribution < 1.29 is 14.3 Å². The van der Waals surface area contributed by atoms with Crippen LogP contribution >= 0.6 is 0 Å². The van der Waals surface area contributed by atoms with E-state index in [1.165, 1.54) is 10.9 Å². The maximum absolute atomic E-state index is 13.0. The first-order valence-electron chi connectivity index (χ1n) is 11.0. The van der Waals surface area contributed by atoms with Gasteiger partial charge < -0.3 is 19.8 Å². The molecule has 0 fully saturated rings. The van der Waals surface area contributed by atoms with E-state index >= 15 is 0 Å². The molecule has 5 heteroatoms. The van der Waals surface area contributed by atoms with Gasteiger partial charge in [-0.05, 0) is 40.8 Å². The summed E-state index contributed by atoms with van der Waals surface area (Å²) in [6.07, 6.45) is 3.40. The number of para-hydroxylation sites is 1. The number of ether oxygens (including phenoxy) is 2. The molecule has 0 saturated heterocycles. The smallest absolute Gasteiger partial charge is 0.231 e. The van der Waals surface area contributed by atoms with Crippen LogP contribution < -0.4 is 14.8 Å². The van der Waals surface area contributed by atoms with Crippen molar-refractivity contribution in [3.8, 4) is 11.5 Å². The Bertz CT molecular complexity index is 1250. The van der Waals surface area contributed by atoms with Crippen LogP contribution in [0.25, 0.3) is 10.9 Å². The Labute approximate surface area is 187 Å². The summed E-state index contributed by atoms with van der Waals surface area (Å²) < 4.78 is 10.8. The van der Waals surface area contributed by atoms with Gasteiger partial charge in [0.05, 0.1) is 0 Å². The van der Waals surface area contributed by atoms with Gasteiger partial charge in [0.25, 0.3) is 0 Å². The first-order chi connectivity index (χ1) is 15.7. The van der Waals surface area contributed by atoms with E-state index in [0.29, 0.717) is 13.0 Å². The quantitative estimate of drug-likeness (QED) is 0.422. The highest BCUT2D eigenvalue weighted by Crippen LogP contribution is 2.35. The van der Waals surface area contributed by atoms with Crippen LogP contribution in [0.3, 0.4) is 0 Å². The molecular weight excluding hydrogens is 400 g/mol. The van der Waals surface area contributed by atoms with Crippen molar-refractivity contribution in [2.75, 3.05) is 6.79 Å². The number of hydrogen-bond donors (Lipinski definition) is 2. The van der Waals surface area contributed by atoms with Crippen LogP contribution in [0.5, 0.6) is 11.5 Å². The summed E-state index contributed by atoms with van der Waals surface area (Å²) in [5, 5.41) is 4.26. The van der Waals surface area contributed by atoms with Gasteiger partial charge in [0.15, 0.2) is 11.5 Å². The van der Waals surface area contributed by atoms with Crippen molar-refractivity contribution in [3.05, 3.63) is 95.2 Å². The van der Waals surface area contributed by atoms with E-state index in [-0.39, 0.29) is 18.6 Å². The third kappa shape index (κ3) is 3.94. The molecule has 5 nitrogen and oxygen atoms in total. The third-order valence-electron chi connectivity index (χ3n) is 6.11. The molecule has 0 bridgehead atoms. The number of carbonyl (C=O) groups excluding carboxylic acids is 1. The lowest BCUT2D eigenvalue weighted by molar-refractivity contribution is -0.121. The van der Waals surface area contributed by atoms with Crippen molar-refractivity contribution in [2.45, 2.75) is 32.2 Å². The van der Waals surface area contributed by atoms with Crippen LogP contribution in [-0.4, -0.2) is 17.7 Å². The number of fused-ring (bicyclic) bond motifs is 2. The van der Waals surface area contributed by atoms with E-state index in [4.69, 9.17) is 9.47 Å². The van der Waals surface area contributed by atoms with Crippen molar-refractivity contribution in [2.24, 2.45) is 0 Å². The number of benzene rings is 3. The number of amides is 1. The maximum Gasteiger partial charge on any atom is 0.231 e. The zero-order chi connectivity index (χ0) is 21.9. The average molecular weight is 427 g/mol. The first-order valence-corrected chi connectivity index (χ1v) is 11.0. The van der Waals surface area contributed by atoms with Crippen LogP contribution in [0.2, 0.25) is 0 Å². The van der Waals surface area contributed by atoms with Crippen LogP contribution in [0, 0.1) is 0 Å². The summed E-state index contributed by atoms with van der Waals surface area (Å²) in [5.41, 5.74) is 5.71. The van der Waals surface area contributed by atoms with E-state index in [1.807, 2.05) is 36.4 Å². The van der Waals surface area contributed by atoms with Gasteiger partial charge in [-0.3, -0.25) is 4.79 Å². The van der Waals surface area contributed by atoms with Crippen molar-refractivity contribution >= 4 is 16.8 Å². The molecule has 162 valence electrons. The van der Waals surface area contributed by atoms with Crippen LogP contribution in [-0.2, 0) is 17.8 Å². The van der Waals surface area contributed by atoms with Gasteiger partial charge in [-0.15, -0.1) is 0 Å². The molecule has 1 aliphatic heterocycles. The molecule has 5 rings (SSSR count). The minimum absolute atomic E-state index is 0.0116. The largest absolute Gasteiger partial charge is 0.454 e. The zero-order valence-electron chi connectivity index (χ0n) is 18.1. The van der Waals surface area contributed by atoms with E-state index in [2.05, 4.69) is 53.8 Å². The monoisotopic (exact) mass is 426 g/mol. The Hall–Kier alpha value is -3.73. The summed E-state index contributed by atoms with van der Waals surface area (Å²) in [5.74, 6) is 1.45. The van der Waals surface area contributed by atoms with E-state index in [0.717, 1.165) is 40.1 Å². The van der Waals surface area contributed by atoms with Crippen LogP contribution in [0.15, 0.2) is 72.9 Å². The highest BCUT2D eigenvalue weighted by Gasteiger charge is 2.22. The Balaban J connectivity index is 1.38. The lowest BCUT2D eigenvalue weighted by Gasteiger charge is -2.17. The molecule has 0 radical (unpaired) electrons. The fourth-order valence-corrected chi connectivity index (χ4v) is 4.42. The van der Waals surface area contributed by atoms with E-state index in [9.17, 15) is 4.79 Å². The second-order valence-corrected chi connectivity index (χ2v) is 8.07. The van der Waals surface area contributed by atoms with Crippen molar-refractivity contribution in [3.63, 3.8) is 0 Å². The van der Waals surface area contributed by atoms with Gasteiger partial charge in [-0.2, -0.15) is 0 Å². The summed E-state index contributed by atoms with van der Waals surface area (Å²) in [7, 11) is 0. The number of hydrogen-bond acceptors (Lipinski definition) is 3. The van der Waals surface area contributed by atoms with Crippen LogP contribution in [0.1, 0.15) is 41.5 Å². The predicted molar refractivity (Wildman–Crippen MR) is 125 cm³/mol. The lowest BCUT2D eigenvalue weighted by Crippen LogP contribution is -2.25. The summed E-state index contributed by atoms with van der Waals surface area (Å²) in [6.45, 7) is 2.85. The molecule has 32 heavy (non-hydrogen) atoms. The molecule has 0 saturated carbocycles. The average Bonchev–Trinajstić information content (AvgIpc) is 3.48. The highest BCUT2D eigenvalue weighted by molar-refractivity contribution is 5.88. The minimum Gasteiger partial charge on any atom is -0.454 e. The molecule has 1 aliphatic rings. The summed E-state index contributed by atoms with van der Waals surface area (Å²) in [4.78, 5) is 16.5. The number of aromatic amines is 1. The molecule has 0 spiro atoms. The summed E-state index contributed by atoms with van der Waals surface area (Å²) in [6, 6.07) is 22.4. The first kappa shape index (κ1) is 20.2. The molecule has 0 aliphatic carbocycles. The van der Waals surface area contributed by atoms with Gasteiger partial charge in [-0.25, -0.2) is 0 Å². The molecule has 3 aromatic carbocycles. The number of aryl methyl sites for hydroxylation is 1. The summed E-state index contributed by atoms with van der Waals surface area (Å²) >= 11 is 0. The topological polar surface area (TPSA) is 63.4 Å². The number of aromatic nitrogens is 1. The Morgan fingerprint density at radius 3 is 2.72 bits per heavy atom. The van der Waals surface area contributed by atoms with E-state index in [1.54, 1.807) is 0 Å².